The van der Waals surface area contributed by atoms with Gasteiger partial charge in [-0.3, -0.25) is 4.79 Å². The van der Waals surface area contributed by atoms with Crippen molar-refractivity contribution in [2.24, 2.45) is 23.7 Å². The normalized spacial score (nSPS) is 22.1. The van der Waals surface area contributed by atoms with Crippen LogP contribution in [-0.4, -0.2) is 118 Å². The summed E-state index contributed by atoms with van der Waals surface area (Å²) >= 11 is 0. The molecule has 4 fully saturated rings. The fourth-order valence-electron chi connectivity index (χ4n) is 8.65. The summed E-state index contributed by atoms with van der Waals surface area (Å²) in [5.41, 5.74) is 7.18. The number of fused-ring (bicyclic) bond motifs is 3. The molecule has 0 bridgehead atoms. The number of nitrogens with one attached hydrogen (secondary N) is 1. The molecule has 2 N–H and O–H groups in total. The molecule has 2 saturated carbocycles. The number of nitrogens with zero attached hydrogens (tertiary/aromatic N) is 14. The number of carboxylic acid groups (broad SMARTS) is 1. The average Bonchev–Trinajstić information content (AvgIpc) is 3.66. The fraction of sp³-hybridized carbons (Fsp3) is 0.585. The number of carbonyl (C=O) groups is 2. The molecule has 1 amide bonds. The first kappa shape index (κ1) is 40.8. The van der Waals surface area contributed by atoms with Gasteiger partial charge in [0.25, 0.3) is 5.91 Å². The number of rotatable bonds is 14. The Balaban J connectivity index is 0.000000182. The van der Waals surface area contributed by atoms with Crippen LogP contribution >= 0.6 is 0 Å². The van der Waals surface area contributed by atoms with Crippen molar-refractivity contribution in [3.05, 3.63) is 75.6 Å². The van der Waals surface area contributed by atoms with Gasteiger partial charge in [-0.1, -0.05) is 30.1 Å². The maximum absolute atomic E-state index is 13.0. The quantitative estimate of drug-likeness (QED) is 0.121. The lowest BCUT2D eigenvalue weighted by molar-refractivity contribution is 0.0689. The van der Waals surface area contributed by atoms with Crippen molar-refractivity contribution in [2.45, 2.75) is 98.0 Å². The zero-order valence-electron chi connectivity index (χ0n) is 35.8. The minimum atomic E-state index is -1.13. The van der Waals surface area contributed by atoms with Gasteiger partial charge >= 0.3 is 5.97 Å². The Morgan fingerprint density at radius 1 is 0.820 bits per heavy atom. The molecule has 10 rings (SSSR count). The molecule has 0 aromatic carbocycles. The monoisotopic (exact) mass is 849 g/mol. The summed E-state index contributed by atoms with van der Waals surface area (Å²) in [6.45, 7) is 19.4. The van der Waals surface area contributed by atoms with Crippen molar-refractivity contribution < 1.29 is 19.4 Å². The molecule has 0 radical (unpaired) electrons. The Labute approximate surface area is 355 Å². The molecule has 61 heavy (non-hydrogen) atoms. The van der Waals surface area contributed by atoms with E-state index in [0.717, 1.165) is 121 Å². The van der Waals surface area contributed by atoms with Crippen LogP contribution in [0.1, 0.15) is 85.7 Å². The van der Waals surface area contributed by atoms with Crippen LogP contribution in [0.15, 0.2) is 24.8 Å². The SMILES string of the molecule is Cc1nc(N2CC3CC3C2)ncc1Cn1cc(C(=O)N[C@@H]2CCc3c2nn(COCC[Si](C)(C)C)c3C)nn1.Cc1nc(N2CC3CC3C2)ncc1Cn1cc(C(=O)O)nn1. The third kappa shape index (κ3) is 9.19. The van der Waals surface area contributed by atoms with Crippen molar-refractivity contribution in [1.29, 1.82) is 0 Å². The minimum Gasteiger partial charge on any atom is -0.476 e. The van der Waals surface area contributed by atoms with Gasteiger partial charge in [0, 0.05) is 81.5 Å². The van der Waals surface area contributed by atoms with Crippen molar-refractivity contribution in [2.75, 3.05) is 42.6 Å². The topological polar surface area (TPSA) is 213 Å². The summed E-state index contributed by atoms with van der Waals surface area (Å²) in [5.74, 6) is 3.63. The van der Waals surface area contributed by atoms with E-state index in [1.165, 1.54) is 29.3 Å². The predicted octanol–water partition coefficient (Wildman–Crippen LogP) is 3.69. The number of carboxylic acids is 1. The van der Waals surface area contributed by atoms with Gasteiger partial charge in [0.05, 0.1) is 37.2 Å². The third-order valence-electron chi connectivity index (χ3n) is 12.7. The first-order valence-corrected chi connectivity index (χ1v) is 25.1. The number of hydrogen-bond donors (Lipinski definition) is 2. The molecule has 20 heteroatoms. The highest BCUT2D eigenvalue weighted by molar-refractivity contribution is 6.76. The van der Waals surface area contributed by atoms with Crippen LogP contribution in [0.2, 0.25) is 25.7 Å². The lowest BCUT2D eigenvalue weighted by atomic mass is 10.2. The van der Waals surface area contributed by atoms with E-state index in [-0.39, 0.29) is 17.6 Å². The summed E-state index contributed by atoms with van der Waals surface area (Å²) < 4.78 is 11.0. The average molecular weight is 850 g/mol. The second kappa shape index (κ2) is 16.3. The number of aryl methyl sites for hydroxylation is 2. The highest BCUT2D eigenvalue weighted by Crippen LogP contribution is 2.46. The molecular formula is C41H55N15O4Si. The Morgan fingerprint density at radius 2 is 1.36 bits per heavy atom. The third-order valence-corrected chi connectivity index (χ3v) is 14.4. The summed E-state index contributed by atoms with van der Waals surface area (Å²) in [7, 11) is -1.13. The largest absolute Gasteiger partial charge is 0.476 e. The van der Waals surface area contributed by atoms with Crippen molar-refractivity contribution in [3.63, 3.8) is 0 Å². The molecule has 3 aliphatic carbocycles. The maximum Gasteiger partial charge on any atom is 0.358 e. The molecule has 0 spiro atoms. The van der Waals surface area contributed by atoms with Crippen molar-refractivity contribution in [3.8, 4) is 0 Å². The smallest absolute Gasteiger partial charge is 0.358 e. The van der Waals surface area contributed by atoms with Gasteiger partial charge in [-0.2, -0.15) is 5.10 Å². The molecular weight excluding hydrogens is 795 g/mol. The van der Waals surface area contributed by atoms with E-state index < -0.39 is 14.0 Å². The second-order valence-corrected chi connectivity index (χ2v) is 24.3. The van der Waals surface area contributed by atoms with E-state index >= 15 is 0 Å². The molecule has 7 heterocycles. The van der Waals surface area contributed by atoms with Crippen LogP contribution in [0.25, 0.3) is 0 Å². The van der Waals surface area contributed by atoms with Gasteiger partial charge in [0.1, 0.15) is 6.73 Å². The number of piperidine rings is 2. The molecule has 4 unspecified atom stereocenters. The number of aromatic nitrogens is 12. The molecule has 5 aliphatic rings. The molecule has 322 valence electrons. The van der Waals surface area contributed by atoms with Crippen molar-refractivity contribution in [1.82, 2.24) is 65.0 Å². The summed E-state index contributed by atoms with van der Waals surface area (Å²) in [6.07, 6.45) is 11.2. The molecule has 19 nitrogen and oxygen atoms in total. The number of carbonyl (C=O) groups excluding carboxylic acids is 1. The molecule has 5 aromatic heterocycles. The zero-order valence-corrected chi connectivity index (χ0v) is 36.8. The van der Waals surface area contributed by atoms with Gasteiger partial charge in [-0.25, -0.2) is 38.8 Å². The Morgan fingerprint density at radius 3 is 1.87 bits per heavy atom. The first-order valence-electron chi connectivity index (χ1n) is 21.4. The Kier molecular flexibility index (Phi) is 10.9. The van der Waals surface area contributed by atoms with E-state index in [9.17, 15) is 9.59 Å². The van der Waals surface area contributed by atoms with Crippen LogP contribution in [0, 0.1) is 44.4 Å². The molecule has 2 saturated heterocycles. The predicted molar refractivity (Wildman–Crippen MR) is 226 cm³/mol. The number of ether oxygens (including phenoxy) is 1. The summed E-state index contributed by atoms with van der Waals surface area (Å²) in [4.78, 5) is 46.8. The molecule has 5 atom stereocenters. The van der Waals surface area contributed by atoms with Gasteiger partial charge in [-0.05, 0) is 81.7 Å². The first-order chi connectivity index (χ1) is 29.2. The number of amides is 1. The minimum absolute atomic E-state index is 0.0634. The van der Waals surface area contributed by atoms with Crippen LogP contribution in [0.4, 0.5) is 11.9 Å². The van der Waals surface area contributed by atoms with Crippen LogP contribution in [0.5, 0.6) is 0 Å². The van der Waals surface area contributed by atoms with E-state index in [1.54, 1.807) is 17.1 Å². The number of anilines is 2. The van der Waals surface area contributed by atoms with Crippen LogP contribution in [0.3, 0.4) is 0 Å². The highest BCUT2D eigenvalue weighted by atomic mass is 28.3. The Hall–Kier alpha value is -5.63. The van der Waals surface area contributed by atoms with Gasteiger partial charge in [-0.15, -0.1) is 10.2 Å². The van der Waals surface area contributed by atoms with Gasteiger partial charge in [0.2, 0.25) is 11.9 Å². The maximum atomic E-state index is 13.0. The highest BCUT2D eigenvalue weighted by Gasteiger charge is 2.46. The molecule has 5 aromatic rings. The zero-order chi connectivity index (χ0) is 42.6. The standard InChI is InChI=1S/C27H39N9O2Si.C14H16N6O2/c1-17-21(11-28-27(29-17)34-12-19-10-20(19)13-34)14-35-15-24(31-33-35)26(37)30-23-7-6-22-18(2)36(32-25(22)23)16-38-8-9-39(3,4)5;1-8-11(6-20-7-12(13(21)22)17-18-20)3-15-14(16-8)19-4-9-2-10(9)5-19/h11,15,19-20,23H,6-10,12-14,16H2,1-5H3,(H,30,37);3,7,9-10H,2,4-6H2,1H3,(H,21,22)/t19?,20?,23-;/m1./s1. The van der Waals surface area contributed by atoms with Crippen molar-refractivity contribution >= 4 is 31.8 Å². The lowest BCUT2D eigenvalue weighted by Gasteiger charge is -2.18. The summed E-state index contributed by atoms with van der Waals surface area (Å²) in [5, 5.41) is 32.5. The van der Waals surface area contributed by atoms with Crippen LogP contribution < -0.4 is 15.1 Å². The Bertz CT molecular complexity index is 2420. The summed E-state index contributed by atoms with van der Waals surface area (Å²) in [6, 6.07) is 0.989. The van der Waals surface area contributed by atoms with E-state index in [1.807, 2.05) is 24.7 Å². The van der Waals surface area contributed by atoms with E-state index in [2.05, 4.69) is 77.3 Å². The van der Waals surface area contributed by atoms with E-state index in [0.29, 0.717) is 25.5 Å². The fourth-order valence-corrected chi connectivity index (χ4v) is 9.41. The van der Waals surface area contributed by atoms with Gasteiger partial charge in [0.15, 0.2) is 11.4 Å². The number of hydrogen-bond acceptors (Lipinski definition) is 14. The lowest BCUT2D eigenvalue weighted by Crippen LogP contribution is -2.28. The second-order valence-electron chi connectivity index (χ2n) is 18.7. The molecule has 2 aliphatic heterocycles. The number of aromatic carboxylic acids is 1. The van der Waals surface area contributed by atoms with E-state index in [4.69, 9.17) is 19.9 Å². The van der Waals surface area contributed by atoms with Crippen LogP contribution in [-0.2, 0) is 31.0 Å². The van der Waals surface area contributed by atoms with Gasteiger partial charge < -0.3 is 25.0 Å².